The zero-order valence-electron chi connectivity index (χ0n) is 16.0. The summed E-state index contributed by atoms with van der Waals surface area (Å²) < 4.78 is 13.6. The third-order valence-electron chi connectivity index (χ3n) is 6.18. The van der Waals surface area contributed by atoms with Gasteiger partial charge in [0.2, 0.25) is 0 Å². The Bertz CT molecular complexity index is 617. The van der Waals surface area contributed by atoms with E-state index in [1.54, 1.807) is 7.11 Å². The molecule has 4 rings (SSSR count). The molecule has 3 aliphatic rings. The van der Waals surface area contributed by atoms with E-state index >= 15 is 0 Å². The van der Waals surface area contributed by atoms with E-state index in [1.807, 2.05) is 0 Å². The van der Waals surface area contributed by atoms with Crippen LogP contribution in [-0.4, -0.2) is 45.7 Å². The van der Waals surface area contributed by atoms with Crippen molar-refractivity contribution in [2.24, 2.45) is 5.41 Å². The molecule has 1 spiro atoms. The van der Waals surface area contributed by atoms with Crippen molar-refractivity contribution in [1.29, 1.82) is 0 Å². The first-order chi connectivity index (χ1) is 11.9. The van der Waals surface area contributed by atoms with Gasteiger partial charge in [0.15, 0.2) is 5.82 Å². The summed E-state index contributed by atoms with van der Waals surface area (Å²) in [6.45, 7) is 7.93. The number of fused-ring (bicyclic) bond motifs is 1. The van der Waals surface area contributed by atoms with Crippen molar-refractivity contribution in [3.63, 3.8) is 0 Å². The van der Waals surface area contributed by atoms with Crippen LogP contribution in [0.3, 0.4) is 0 Å². The number of methoxy groups -OCH3 is 1. The van der Waals surface area contributed by atoms with Gasteiger partial charge in [-0.25, -0.2) is 9.67 Å². The molecule has 1 aromatic heterocycles. The fourth-order valence-corrected chi connectivity index (χ4v) is 4.80. The van der Waals surface area contributed by atoms with Crippen LogP contribution in [0.4, 0.5) is 0 Å². The molecular weight excluding hydrogens is 316 g/mol. The molecule has 3 unspecified atom stereocenters. The average molecular weight is 348 g/mol. The van der Waals surface area contributed by atoms with Gasteiger partial charge in [-0.3, -0.25) is 0 Å². The van der Waals surface area contributed by atoms with E-state index < -0.39 is 0 Å². The molecule has 0 radical (unpaired) electrons. The zero-order valence-corrected chi connectivity index (χ0v) is 16.0. The number of nitrogens with one attached hydrogen (secondary N) is 1. The number of hydrogen-bond donors (Lipinski definition) is 1. The van der Waals surface area contributed by atoms with Gasteiger partial charge in [0.25, 0.3) is 0 Å². The number of aromatic nitrogens is 3. The van der Waals surface area contributed by atoms with Crippen molar-refractivity contribution < 1.29 is 9.47 Å². The predicted molar refractivity (Wildman–Crippen MR) is 95.3 cm³/mol. The molecule has 1 aromatic rings. The van der Waals surface area contributed by atoms with Crippen LogP contribution >= 0.6 is 0 Å². The summed E-state index contributed by atoms with van der Waals surface area (Å²) in [4.78, 5) is 4.58. The lowest BCUT2D eigenvalue weighted by Crippen LogP contribution is -2.69. The number of aryl methyl sites for hydroxylation is 1. The van der Waals surface area contributed by atoms with E-state index in [2.05, 4.69) is 40.9 Å². The smallest absolute Gasteiger partial charge is 0.176 e. The highest BCUT2D eigenvalue weighted by Gasteiger charge is 2.59. The van der Waals surface area contributed by atoms with E-state index in [1.165, 1.54) is 19.3 Å². The molecular formula is C19H32N4O2. The Labute approximate surface area is 150 Å². The molecule has 1 N–H and O–H groups in total. The maximum Gasteiger partial charge on any atom is 0.176 e. The van der Waals surface area contributed by atoms with Gasteiger partial charge >= 0.3 is 0 Å². The highest BCUT2D eigenvalue weighted by atomic mass is 16.5. The molecule has 25 heavy (non-hydrogen) atoms. The average Bonchev–Trinajstić information content (AvgIpc) is 2.85. The van der Waals surface area contributed by atoms with Crippen molar-refractivity contribution >= 4 is 0 Å². The maximum absolute atomic E-state index is 6.36. The van der Waals surface area contributed by atoms with Gasteiger partial charge in [-0.2, -0.15) is 5.10 Å². The van der Waals surface area contributed by atoms with Gasteiger partial charge in [-0.1, -0.05) is 6.42 Å². The maximum atomic E-state index is 6.36. The monoisotopic (exact) mass is 348 g/mol. The molecule has 3 atom stereocenters. The van der Waals surface area contributed by atoms with Crippen LogP contribution in [0.1, 0.15) is 64.5 Å². The number of hydrogen-bond acceptors (Lipinski definition) is 5. The lowest BCUT2D eigenvalue weighted by molar-refractivity contribution is -0.216. The summed E-state index contributed by atoms with van der Waals surface area (Å²) in [7, 11) is 1.69. The Morgan fingerprint density at radius 2 is 2.12 bits per heavy atom. The van der Waals surface area contributed by atoms with E-state index in [9.17, 15) is 0 Å². The molecule has 6 heteroatoms. The standard InChI is InChI=1S/C19H32N4O2/c1-18(2,3)25-15-10-14(19(15)8-5-9-19)20-13-6-7-17-21-16(12-24-4)22-23(17)11-13/h13-15,20H,5-12H2,1-4H3. The summed E-state index contributed by atoms with van der Waals surface area (Å²) in [6, 6.07) is 1.09. The highest BCUT2D eigenvalue weighted by molar-refractivity contribution is 5.13. The van der Waals surface area contributed by atoms with Crippen LogP contribution in [0.2, 0.25) is 0 Å². The Morgan fingerprint density at radius 3 is 2.76 bits per heavy atom. The normalized spacial score (nSPS) is 30.6. The lowest BCUT2D eigenvalue weighted by atomic mass is 9.50. The summed E-state index contributed by atoms with van der Waals surface area (Å²) in [5.74, 6) is 1.90. The largest absolute Gasteiger partial charge is 0.377 e. The molecule has 2 saturated carbocycles. The molecule has 6 nitrogen and oxygen atoms in total. The second-order valence-corrected chi connectivity index (χ2v) is 9.06. The topological polar surface area (TPSA) is 61.2 Å². The number of nitrogens with zero attached hydrogens (tertiary/aromatic N) is 3. The second kappa shape index (κ2) is 6.32. The number of rotatable bonds is 5. The van der Waals surface area contributed by atoms with Gasteiger partial charge in [0.05, 0.1) is 18.2 Å². The van der Waals surface area contributed by atoms with Crippen LogP contribution in [0.5, 0.6) is 0 Å². The van der Waals surface area contributed by atoms with Gasteiger partial charge < -0.3 is 14.8 Å². The van der Waals surface area contributed by atoms with Crippen molar-refractivity contribution in [3.8, 4) is 0 Å². The van der Waals surface area contributed by atoms with Crippen LogP contribution in [0, 0.1) is 5.41 Å². The van der Waals surface area contributed by atoms with Crippen molar-refractivity contribution in [2.75, 3.05) is 7.11 Å². The molecule has 0 aromatic carbocycles. The summed E-state index contributed by atoms with van der Waals surface area (Å²) in [5, 5.41) is 8.54. The Kier molecular flexibility index (Phi) is 4.41. The second-order valence-electron chi connectivity index (χ2n) is 9.06. The molecule has 2 aliphatic carbocycles. The molecule has 2 heterocycles. The first-order valence-electron chi connectivity index (χ1n) is 9.75. The highest BCUT2D eigenvalue weighted by Crippen LogP contribution is 2.58. The minimum absolute atomic E-state index is 0.0452. The fourth-order valence-electron chi connectivity index (χ4n) is 4.80. The SMILES string of the molecule is COCc1nc2n(n1)CC(NC1CC(OC(C)(C)C)C13CCC3)CC2. The van der Waals surface area contributed by atoms with E-state index in [-0.39, 0.29) is 5.60 Å². The molecule has 140 valence electrons. The van der Waals surface area contributed by atoms with Crippen LogP contribution < -0.4 is 5.32 Å². The zero-order chi connectivity index (χ0) is 17.7. The van der Waals surface area contributed by atoms with Crippen molar-refractivity contribution in [1.82, 2.24) is 20.1 Å². The number of ether oxygens (including phenoxy) is 2. The fraction of sp³-hybridized carbons (Fsp3) is 0.895. The van der Waals surface area contributed by atoms with Crippen LogP contribution in [0.15, 0.2) is 0 Å². The lowest BCUT2D eigenvalue weighted by Gasteiger charge is -2.63. The quantitative estimate of drug-likeness (QED) is 0.886. The first-order valence-corrected chi connectivity index (χ1v) is 9.75. The van der Waals surface area contributed by atoms with Gasteiger partial charge in [0.1, 0.15) is 12.4 Å². The summed E-state index contributed by atoms with van der Waals surface area (Å²) >= 11 is 0. The van der Waals surface area contributed by atoms with Crippen molar-refractivity contribution in [2.45, 2.75) is 96.2 Å². The summed E-state index contributed by atoms with van der Waals surface area (Å²) in [6.07, 6.45) is 7.68. The van der Waals surface area contributed by atoms with E-state index in [0.717, 1.165) is 37.5 Å². The predicted octanol–water partition coefficient (Wildman–Crippen LogP) is 2.46. The van der Waals surface area contributed by atoms with Gasteiger partial charge in [0, 0.05) is 31.0 Å². The minimum atomic E-state index is -0.0452. The Morgan fingerprint density at radius 1 is 1.32 bits per heavy atom. The Balaban J connectivity index is 1.37. The molecule has 0 saturated heterocycles. The molecule has 0 amide bonds. The molecule has 2 fully saturated rings. The van der Waals surface area contributed by atoms with E-state index in [0.29, 0.717) is 30.2 Å². The Hall–Kier alpha value is -0.980. The summed E-state index contributed by atoms with van der Waals surface area (Å²) in [5.41, 5.74) is 0.341. The van der Waals surface area contributed by atoms with E-state index in [4.69, 9.17) is 9.47 Å². The molecule has 0 bridgehead atoms. The minimum Gasteiger partial charge on any atom is -0.377 e. The van der Waals surface area contributed by atoms with Gasteiger partial charge in [-0.15, -0.1) is 0 Å². The van der Waals surface area contributed by atoms with Crippen molar-refractivity contribution in [3.05, 3.63) is 11.6 Å². The first kappa shape index (κ1) is 17.4. The third kappa shape index (κ3) is 3.24. The van der Waals surface area contributed by atoms with Crippen LogP contribution in [0.25, 0.3) is 0 Å². The third-order valence-corrected chi connectivity index (χ3v) is 6.18. The van der Waals surface area contributed by atoms with Crippen LogP contribution in [-0.2, 0) is 29.0 Å². The molecule has 1 aliphatic heterocycles. The van der Waals surface area contributed by atoms with Gasteiger partial charge in [-0.05, 0) is 46.5 Å².